The van der Waals surface area contributed by atoms with E-state index >= 15 is 0 Å². The van der Waals surface area contributed by atoms with Crippen LogP contribution in [0.2, 0.25) is 0 Å². The van der Waals surface area contributed by atoms with E-state index in [1.807, 2.05) is 12.1 Å². The van der Waals surface area contributed by atoms with Crippen molar-refractivity contribution in [1.82, 2.24) is 20.2 Å². The van der Waals surface area contributed by atoms with Gasteiger partial charge < -0.3 is 9.73 Å². The quantitative estimate of drug-likeness (QED) is 0.938. The zero-order chi connectivity index (χ0) is 15.8. The normalized spacial score (nSPS) is 29.4. The smallest absolute Gasteiger partial charge is 0.307 e. The van der Waals surface area contributed by atoms with Crippen LogP contribution in [0.3, 0.4) is 0 Å². The van der Waals surface area contributed by atoms with Crippen molar-refractivity contribution in [2.45, 2.75) is 31.8 Å². The molecule has 2 bridgehead atoms. The standard InChI is InChI=1S/C17H20N4O2/c1-11-15(12-4-7-21(11)8-5-12)20-16(22)17-19-10-14(23-17)13-3-2-6-18-9-13/h2-3,6,9-12,15H,4-5,7-8H2,1H3,(H,20,22). The molecule has 0 spiro atoms. The molecule has 1 amide bonds. The number of hydrogen-bond donors (Lipinski definition) is 1. The molecule has 6 nitrogen and oxygen atoms in total. The van der Waals surface area contributed by atoms with Gasteiger partial charge in [-0.25, -0.2) is 4.98 Å². The molecular formula is C17H20N4O2. The first-order chi connectivity index (χ1) is 11.2. The Labute approximate surface area is 134 Å². The molecule has 0 saturated carbocycles. The summed E-state index contributed by atoms with van der Waals surface area (Å²) in [4.78, 5) is 23.1. The zero-order valence-electron chi connectivity index (χ0n) is 13.1. The third-order valence-electron chi connectivity index (χ3n) is 5.12. The van der Waals surface area contributed by atoms with Crippen LogP contribution in [0.25, 0.3) is 11.3 Å². The number of hydrogen-bond acceptors (Lipinski definition) is 5. The van der Waals surface area contributed by atoms with Gasteiger partial charge in [-0.3, -0.25) is 14.7 Å². The lowest BCUT2D eigenvalue weighted by Gasteiger charge is -2.49. The number of piperidine rings is 3. The van der Waals surface area contributed by atoms with Crippen LogP contribution in [0.1, 0.15) is 30.5 Å². The minimum atomic E-state index is -0.231. The topological polar surface area (TPSA) is 71.3 Å². The molecule has 0 aliphatic carbocycles. The van der Waals surface area contributed by atoms with E-state index < -0.39 is 0 Å². The lowest BCUT2D eigenvalue weighted by Crippen LogP contribution is -2.62. The van der Waals surface area contributed by atoms with Gasteiger partial charge >= 0.3 is 5.91 Å². The van der Waals surface area contributed by atoms with Gasteiger partial charge in [-0.15, -0.1) is 0 Å². The van der Waals surface area contributed by atoms with Crippen molar-refractivity contribution in [3.63, 3.8) is 0 Å². The second-order valence-electron chi connectivity index (χ2n) is 6.38. The molecule has 120 valence electrons. The summed E-state index contributed by atoms with van der Waals surface area (Å²) in [5, 5.41) is 3.13. The molecule has 1 N–H and O–H groups in total. The molecule has 3 saturated heterocycles. The average molecular weight is 312 g/mol. The highest BCUT2D eigenvalue weighted by Crippen LogP contribution is 2.32. The van der Waals surface area contributed by atoms with E-state index in [4.69, 9.17) is 4.42 Å². The Morgan fingerprint density at radius 3 is 2.87 bits per heavy atom. The van der Waals surface area contributed by atoms with Crippen LogP contribution in [0.5, 0.6) is 0 Å². The Kier molecular flexibility index (Phi) is 3.61. The number of oxazole rings is 1. The van der Waals surface area contributed by atoms with Crippen molar-refractivity contribution in [3.05, 3.63) is 36.6 Å². The van der Waals surface area contributed by atoms with Gasteiger partial charge in [0.1, 0.15) is 0 Å². The van der Waals surface area contributed by atoms with Crippen LogP contribution in [0.4, 0.5) is 0 Å². The summed E-state index contributed by atoms with van der Waals surface area (Å²) in [5.74, 6) is 1.01. The zero-order valence-corrected chi connectivity index (χ0v) is 13.1. The predicted octanol–water partition coefficient (Wildman–Crippen LogP) is 1.95. The number of nitrogens with zero attached hydrogens (tertiary/aromatic N) is 3. The lowest BCUT2D eigenvalue weighted by atomic mass is 9.79. The Bertz CT molecular complexity index is 690. The van der Waals surface area contributed by atoms with E-state index in [-0.39, 0.29) is 17.8 Å². The summed E-state index contributed by atoms with van der Waals surface area (Å²) in [6.07, 6.45) is 7.27. The maximum atomic E-state index is 12.5. The summed E-state index contributed by atoms with van der Waals surface area (Å²) in [5.41, 5.74) is 0.815. The first kappa shape index (κ1) is 14.4. The highest BCUT2D eigenvalue weighted by Gasteiger charge is 2.40. The van der Waals surface area contributed by atoms with E-state index in [0.717, 1.165) is 31.5 Å². The van der Waals surface area contributed by atoms with Crippen molar-refractivity contribution in [2.24, 2.45) is 5.92 Å². The molecule has 2 aromatic rings. The molecule has 2 atom stereocenters. The second kappa shape index (κ2) is 5.77. The minimum Gasteiger partial charge on any atom is -0.432 e. The van der Waals surface area contributed by atoms with E-state index in [2.05, 4.69) is 27.1 Å². The largest absolute Gasteiger partial charge is 0.432 e. The highest BCUT2D eigenvalue weighted by molar-refractivity contribution is 5.90. The maximum absolute atomic E-state index is 12.5. The van der Waals surface area contributed by atoms with E-state index in [9.17, 15) is 4.79 Å². The average Bonchev–Trinajstić information content (AvgIpc) is 3.09. The molecular weight excluding hydrogens is 292 g/mol. The third kappa shape index (κ3) is 2.63. The first-order valence-electron chi connectivity index (χ1n) is 8.13. The van der Waals surface area contributed by atoms with Crippen LogP contribution in [-0.2, 0) is 0 Å². The van der Waals surface area contributed by atoms with Crippen LogP contribution < -0.4 is 5.32 Å². The number of carbonyl (C=O) groups is 1. The Morgan fingerprint density at radius 1 is 1.35 bits per heavy atom. The number of carbonyl (C=O) groups excluding carboxylic acids is 1. The van der Waals surface area contributed by atoms with Crippen molar-refractivity contribution >= 4 is 5.91 Å². The van der Waals surface area contributed by atoms with Gasteiger partial charge in [0.2, 0.25) is 0 Å². The van der Waals surface area contributed by atoms with Crippen LogP contribution in [0, 0.1) is 5.92 Å². The Hall–Kier alpha value is -2.21. The number of rotatable bonds is 3. The fraction of sp³-hybridized carbons (Fsp3) is 0.471. The molecule has 0 aromatic carbocycles. The van der Waals surface area contributed by atoms with Crippen LogP contribution >= 0.6 is 0 Å². The molecule has 5 rings (SSSR count). The van der Waals surface area contributed by atoms with Crippen molar-refractivity contribution in [2.75, 3.05) is 13.1 Å². The number of amides is 1. The monoisotopic (exact) mass is 312 g/mol. The van der Waals surface area contributed by atoms with Gasteiger partial charge in [0.15, 0.2) is 5.76 Å². The van der Waals surface area contributed by atoms with E-state index in [0.29, 0.717) is 17.7 Å². The van der Waals surface area contributed by atoms with Gasteiger partial charge in [-0.1, -0.05) is 0 Å². The fourth-order valence-corrected chi connectivity index (χ4v) is 3.78. The molecule has 6 heteroatoms. The molecule has 3 fully saturated rings. The molecule has 2 unspecified atom stereocenters. The third-order valence-corrected chi connectivity index (χ3v) is 5.12. The van der Waals surface area contributed by atoms with E-state index in [1.165, 1.54) is 0 Å². The molecule has 3 aliphatic heterocycles. The summed E-state index contributed by atoms with van der Waals surface area (Å²) in [6, 6.07) is 4.26. The van der Waals surface area contributed by atoms with Gasteiger partial charge in [-0.05, 0) is 50.9 Å². The first-order valence-corrected chi connectivity index (χ1v) is 8.13. The fourth-order valence-electron chi connectivity index (χ4n) is 3.78. The molecule has 2 aromatic heterocycles. The number of fused-ring (bicyclic) bond motifs is 3. The molecule has 0 radical (unpaired) electrons. The minimum absolute atomic E-state index is 0.118. The SMILES string of the molecule is CC1C(NC(=O)c2ncc(-c3cccnc3)o2)C2CCN1CC2. The summed E-state index contributed by atoms with van der Waals surface area (Å²) >= 11 is 0. The van der Waals surface area contributed by atoms with Crippen LogP contribution in [-0.4, -0.2) is 45.9 Å². The molecule has 3 aliphatic rings. The maximum Gasteiger partial charge on any atom is 0.307 e. The molecule has 5 heterocycles. The van der Waals surface area contributed by atoms with Gasteiger partial charge in [0, 0.05) is 30.0 Å². The van der Waals surface area contributed by atoms with Crippen molar-refractivity contribution < 1.29 is 9.21 Å². The van der Waals surface area contributed by atoms with E-state index in [1.54, 1.807) is 18.6 Å². The van der Waals surface area contributed by atoms with Crippen LogP contribution in [0.15, 0.2) is 35.1 Å². The van der Waals surface area contributed by atoms with Crippen molar-refractivity contribution in [3.8, 4) is 11.3 Å². The Balaban J connectivity index is 1.49. The number of pyridine rings is 1. The van der Waals surface area contributed by atoms with Gasteiger partial charge in [0.05, 0.1) is 6.20 Å². The van der Waals surface area contributed by atoms with Gasteiger partial charge in [-0.2, -0.15) is 0 Å². The highest BCUT2D eigenvalue weighted by atomic mass is 16.4. The Morgan fingerprint density at radius 2 is 2.17 bits per heavy atom. The second-order valence-corrected chi connectivity index (χ2v) is 6.38. The summed E-state index contributed by atoms with van der Waals surface area (Å²) in [6.45, 7) is 4.47. The van der Waals surface area contributed by atoms with Gasteiger partial charge in [0.25, 0.3) is 5.89 Å². The predicted molar refractivity (Wildman–Crippen MR) is 84.7 cm³/mol. The summed E-state index contributed by atoms with van der Waals surface area (Å²) in [7, 11) is 0. The lowest BCUT2D eigenvalue weighted by molar-refractivity contribution is 0.0210. The number of nitrogens with one attached hydrogen (secondary N) is 1. The molecule has 23 heavy (non-hydrogen) atoms. The number of aromatic nitrogens is 2. The summed E-state index contributed by atoms with van der Waals surface area (Å²) < 4.78 is 5.61. The van der Waals surface area contributed by atoms with Crippen molar-refractivity contribution in [1.29, 1.82) is 0 Å².